The first-order valence-electron chi connectivity index (χ1n) is 6.15. The van der Waals surface area contributed by atoms with Crippen LogP contribution in [-0.2, 0) is 21.2 Å². The van der Waals surface area contributed by atoms with Crippen molar-refractivity contribution in [2.24, 2.45) is 0 Å². The average Bonchev–Trinajstić information content (AvgIpc) is 2.76. The van der Waals surface area contributed by atoms with Crippen LogP contribution in [0.2, 0.25) is 0 Å². The summed E-state index contributed by atoms with van der Waals surface area (Å²) in [7, 11) is -3.32. The monoisotopic (exact) mass is 308 g/mol. The number of nitrogens with zero attached hydrogens (tertiary/aromatic N) is 2. The number of carbonyl (C=O) groups is 1. The molecule has 21 heavy (non-hydrogen) atoms. The molecular weight excluding hydrogens is 292 g/mol. The number of hydrogen-bond donors (Lipinski definition) is 2. The predicted octanol–water partition coefficient (Wildman–Crippen LogP) is 0.816. The van der Waals surface area contributed by atoms with Crippen LogP contribution in [-0.4, -0.2) is 30.4 Å². The number of benzene rings is 1. The zero-order chi connectivity index (χ0) is 15.6. The maximum absolute atomic E-state index is 11.9. The molecule has 0 fully saturated rings. The number of rotatable bonds is 4. The van der Waals surface area contributed by atoms with Gasteiger partial charge in [0.1, 0.15) is 12.4 Å². The number of nitrogen functional groups attached to an aromatic ring is 1. The lowest BCUT2D eigenvalue weighted by Gasteiger charge is -2.10. The van der Waals surface area contributed by atoms with Crippen molar-refractivity contribution in [2.75, 3.05) is 17.3 Å². The number of sulfone groups is 1. The number of anilines is 2. The van der Waals surface area contributed by atoms with Gasteiger partial charge in [-0.2, -0.15) is 5.10 Å². The summed E-state index contributed by atoms with van der Waals surface area (Å²) in [6, 6.07) is 6.19. The molecule has 0 aliphatic rings. The van der Waals surface area contributed by atoms with E-state index in [-0.39, 0.29) is 17.3 Å². The quantitative estimate of drug-likeness (QED) is 0.869. The molecule has 1 aromatic carbocycles. The van der Waals surface area contributed by atoms with Crippen molar-refractivity contribution in [2.45, 2.75) is 18.4 Å². The molecule has 0 saturated heterocycles. The molecule has 1 amide bonds. The SMILES string of the molecule is Cc1ccc(S(C)(=O)=O)cc1NC(=O)Cn1ccc(N)n1. The van der Waals surface area contributed by atoms with Gasteiger partial charge in [-0.3, -0.25) is 9.48 Å². The van der Waals surface area contributed by atoms with Crippen LogP contribution in [0.4, 0.5) is 11.5 Å². The highest BCUT2D eigenvalue weighted by molar-refractivity contribution is 7.90. The van der Waals surface area contributed by atoms with Crippen LogP contribution in [0.1, 0.15) is 5.56 Å². The number of nitrogens with one attached hydrogen (secondary N) is 1. The first-order chi connectivity index (χ1) is 9.75. The Hall–Kier alpha value is -2.35. The normalized spacial score (nSPS) is 11.3. The number of aromatic nitrogens is 2. The Morgan fingerprint density at radius 3 is 2.67 bits per heavy atom. The summed E-state index contributed by atoms with van der Waals surface area (Å²) in [5.41, 5.74) is 6.70. The molecule has 7 nitrogen and oxygen atoms in total. The van der Waals surface area contributed by atoms with Crippen LogP contribution in [0.15, 0.2) is 35.4 Å². The molecule has 112 valence electrons. The Morgan fingerprint density at radius 1 is 1.38 bits per heavy atom. The van der Waals surface area contributed by atoms with Crippen LogP contribution in [0.5, 0.6) is 0 Å². The summed E-state index contributed by atoms with van der Waals surface area (Å²) in [5, 5.41) is 6.58. The molecule has 0 saturated carbocycles. The lowest BCUT2D eigenvalue weighted by Crippen LogP contribution is -2.20. The fourth-order valence-corrected chi connectivity index (χ4v) is 2.42. The molecule has 0 atom stereocenters. The van der Waals surface area contributed by atoms with Crippen molar-refractivity contribution in [3.63, 3.8) is 0 Å². The lowest BCUT2D eigenvalue weighted by atomic mass is 10.2. The maximum Gasteiger partial charge on any atom is 0.246 e. The second kappa shape index (κ2) is 5.57. The average molecular weight is 308 g/mol. The molecule has 0 aliphatic carbocycles. The second-order valence-electron chi connectivity index (χ2n) is 4.74. The van der Waals surface area contributed by atoms with Gasteiger partial charge in [0.15, 0.2) is 9.84 Å². The third-order valence-electron chi connectivity index (χ3n) is 2.88. The van der Waals surface area contributed by atoms with Gasteiger partial charge in [0.25, 0.3) is 0 Å². The van der Waals surface area contributed by atoms with Gasteiger partial charge in [-0.05, 0) is 30.7 Å². The minimum absolute atomic E-state index is 0.000255. The molecular formula is C13H16N4O3S. The Balaban J connectivity index is 2.17. The summed E-state index contributed by atoms with van der Waals surface area (Å²) < 4.78 is 24.5. The highest BCUT2D eigenvalue weighted by atomic mass is 32.2. The summed E-state index contributed by atoms with van der Waals surface area (Å²) in [6.45, 7) is 1.79. The van der Waals surface area contributed by atoms with E-state index >= 15 is 0 Å². The molecule has 0 radical (unpaired) electrons. The van der Waals surface area contributed by atoms with Crippen molar-refractivity contribution < 1.29 is 13.2 Å². The molecule has 3 N–H and O–H groups in total. The van der Waals surface area contributed by atoms with Crippen molar-refractivity contribution >= 4 is 27.2 Å². The number of nitrogens with two attached hydrogens (primary N) is 1. The Morgan fingerprint density at radius 2 is 2.10 bits per heavy atom. The molecule has 0 unspecified atom stereocenters. The molecule has 1 heterocycles. The van der Waals surface area contributed by atoms with Crippen molar-refractivity contribution in [1.82, 2.24) is 9.78 Å². The zero-order valence-corrected chi connectivity index (χ0v) is 12.5. The Labute approximate surface area is 122 Å². The van der Waals surface area contributed by atoms with Crippen molar-refractivity contribution in [3.8, 4) is 0 Å². The fourth-order valence-electron chi connectivity index (χ4n) is 1.77. The van der Waals surface area contributed by atoms with Crippen LogP contribution >= 0.6 is 0 Å². The first kappa shape index (κ1) is 15.0. The zero-order valence-electron chi connectivity index (χ0n) is 11.7. The molecule has 2 aromatic rings. The summed E-state index contributed by atoms with van der Waals surface area (Å²) in [5.74, 6) is 0.0184. The van der Waals surface area contributed by atoms with Gasteiger partial charge in [0.05, 0.1) is 4.90 Å². The van der Waals surface area contributed by atoms with E-state index in [2.05, 4.69) is 10.4 Å². The summed E-state index contributed by atoms with van der Waals surface area (Å²) >= 11 is 0. The van der Waals surface area contributed by atoms with E-state index in [4.69, 9.17) is 5.73 Å². The van der Waals surface area contributed by atoms with E-state index in [0.717, 1.165) is 11.8 Å². The molecule has 0 spiro atoms. The van der Waals surface area contributed by atoms with E-state index in [1.807, 2.05) is 0 Å². The van der Waals surface area contributed by atoms with Gasteiger partial charge in [-0.25, -0.2) is 8.42 Å². The van der Waals surface area contributed by atoms with Gasteiger partial charge in [-0.15, -0.1) is 0 Å². The highest BCUT2D eigenvalue weighted by Gasteiger charge is 2.12. The third kappa shape index (κ3) is 3.82. The van der Waals surface area contributed by atoms with Crippen molar-refractivity contribution in [1.29, 1.82) is 0 Å². The van der Waals surface area contributed by atoms with Gasteiger partial charge < -0.3 is 11.1 Å². The van der Waals surface area contributed by atoms with Gasteiger partial charge >= 0.3 is 0 Å². The first-order valence-corrected chi connectivity index (χ1v) is 8.04. The molecule has 0 bridgehead atoms. The standard InChI is InChI=1S/C13H16N4O3S/c1-9-3-4-10(21(2,19)20)7-11(9)15-13(18)8-17-6-5-12(14)16-17/h3-7H,8H2,1-2H3,(H2,14,16)(H,15,18). The molecule has 2 rings (SSSR count). The van der Waals surface area contributed by atoms with E-state index in [9.17, 15) is 13.2 Å². The number of amides is 1. The second-order valence-corrected chi connectivity index (χ2v) is 6.75. The van der Waals surface area contributed by atoms with Crippen molar-refractivity contribution in [3.05, 3.63) is 36.0 Å². The van der Waals surface area contributed by atoms with E-state index < -0.39 is 9.84 Å². The van der Waals surface area contributed by atoms with Gasteiger partial charge in [0.2, 0.25) is 5.91 Å². The van der Waals surface area contributed by atoms with Crippen LogP contribution in [0.3, 0.4) is 0 Å². The predicted molar refractivity (Wildman–Crippen MR) is 79.6 cm³/mol. The third-order valence-corrected chi connectivity index (χ3v) is 3.99. The lowest BCUT2D eigenvalue weighted by molar-refractivity contribution is -0.116. The molecule has 0 aliphatic heterocycles. The Kier molecular flexibility index (Phi) is 3.99. The largest absolute Gasteiger partial charge is 0.382 e. The number of carbonyl (C=O) groups excluding carboxylic acids is 1. The number of aryl methyl sites for hydroxylation is 1. The molecule has 8 heteroatoms. The highest BCUT2D eigenvalue weighted by Crippen LogP contribution is 2.20. The van der Waals surface area contributed by atoms with Crippen LogP contribution in [0, 0.1) is 6.92 Å². The Bertz CT molecular complexity index is 780. The maximum atomic E-state index is 11.9. The minimum atomic E-state index is -3.32. The van der Waals surface area contributed by atoms with Gasteiger partial charge in [-0.1, -0.05) is 6.07 Å². The minimum Gasteiger partial charge on any atom is -0.382 e. The van der Waals surface area contributed by atoms with Gasteiger partial charge in [0, 0.05) is 18.1 Å². The fraction of sp³-hybridized carbons (Fsp3) is 0.231. The topological polar surface area (TPSA) is 107 Å². The smallest absolute Gasteiger partial charge is 0.246 e. The van der Waals surface area contributed by atoms with Crippen LogP contribution in [0.25, 0.3) is 0 Å². The summed E-state index contributed by atoms with van der Waals surface area (Å²) in [6.07, 6.45) is 2.71. The summed E-state index contributed by atoms with van der Waals surface area (Å²) in [4.78, 5) is 12.1. The number of hydrogen-bond acceptors (Lipinski definition) is 5. The van der Waals surface area contributed by atoms with E-state index in [1.54, 1.807) is 25.3 Å². The van der Waals surface area contributed by atoms with Crippen LogP contribution < -0.4 is 11.1 Å². The molecule has 1 aromatic heterocycles. The van der Waals surface area contributed by atoms with E-state index in [1.165, 1.54) is 16.8 Å². The van der Waals surface area contributed by atoms with E-state index in [0.29, 0.717) is 11.5 Å².